The third-order valence-corrected chi connectivity index (χ3v) is 3.40. The van der Waals surface area contributed by atoms with Gasteiger partial charge in [0.05, 0.1) is 0 Å². The van der Waals surface area contributed by atoms with Crippen molar-refractivity contribution in [3.05, 3.63) is 0 Å². The summed E-state index contributed by atoms with van der Waals surface area (Å²) in [5.74, 6) is 0.467. The first-order valence-corrected chi connectivity index (χ1v) is 4.88. The number of carbonyl (C=O) groups is 1. The van der Waals surface area contributed by atoms with Crippen molar-refractivity contribution in [2.45, 2.75) is 51.1 Å². The lowest BCUT2D eigenvalue weighted by Gasteiger charge is -2.38. The highest BCUT2D eigenvalue weighted by atomic mass is 16.1. The fourth-order valence-corrected chi connectivity index (χ4v) is 2.62. The van der Waals surface area contributed by atoms with E-state index < -0.39 is 0 Å². The molecular formula is C10H17NO. The van der Waals surface area contributed by atoms with Gasteiger partial charge in [-0.25, -0.2) is 0 Å². The molecule has 0 saturated carbocycles. The molecule has 2 fully saturated rings. The van der Waals surface area contributed by atoms with Crippen LogP contribution in [0.1, 0.15) is 39.5 Å². The van der Waals surface area contributed by atoms with Crippen LogP contribution < -0.4 is 0 Å². The minimum absolute atomic E-state index is 0.353. The van der Waals surface area contributed by atoms with E-state index in [2.05, 4.69) is 18.7 Å². The van der Waals surface area contributed by atoms with Gasteiger partial charge in [0.15, 0.2) is 0 Å². The molecule has 0 aliphatic carbocycles. The van der Waals surface area contributed by atoms with Crippen molar-refractivity contribution in [3.63, 3.8) is 0 Å². The summed E-state index contributed by atoms with van der Waals surface area (Å²) in [5, 5.41) is 0. The molecule has 2 aliphatic heterocycles. The van der Waals surface area contributed by atoms with Gasteiger partial charge in [0.2, 0.25) is 0 Å². The number of rotatable bonds is 0. The highest BCUT2D eigenvalue weighted by Crippen LogP contribution is 2.37. The van der Waals surface area contributed by atoms with E-state index in [1.54, 1.807) is 0 Å². The molecule has 0 aromatic carbocycles. The largest absolute Gasteiger partial charge is 0.300 e. The first-order valence-electron chi connectivity index (χ1n) is 4.88. The maximum absolute atomic E-state index is 11.2. The molecule has 2 rings (SSSR count). The minimum Gasteiger partial charge on any atom is -0.300 e. The molecule has 2 aliphatic rings. The zero-order chi connectivity index (χ0) is 8.77. The standard InChI is InChI=1S/C10H17NO/c1-10(2)5-3-8-7-9(12)4-6-11(8)10/h8H,3-7H2,1-2H3/t8-/m1/s1. The average molecular weight is 167 g/mol. The summed E-state index contributed by atoms with van der Waals surface area (Å²) in [6.45, 7) is 5.59. The molecule has 68 valence electrons. The second-order valence-electron chi connectivity index (χ2n) is 4.69. The molecule has 12 heavy (non-hydrogen) atoms. The Bertz CT molecular complexity index is 210. The van der Waals surface area contributed by atoms with Crippen molar-refractivity contribution in [3.8, 4) is 0 Å². The fourth-order valence-electron chi connectivity index (χ4n) is 2.62. The summed E-state index contributed by atoms with van der Waals surface area (Å²) in [6, 6.07) is 0.571. The van der Waals surface area contributed by atoms with Crippen LogP contribution in [0.5, 0.6) is 0 Å². The average Bonchev–Trinajstić information content (AvgIpc) is 2.27. The van der Waals surface area contributed by atoms with Crippen molar-refractivity contribution in [2.75, 3.05) is 6.54 Å². The van der Waals surface area contributed by atoms with E-state index in [4.69, 9.17) is 0 Å². The van der Waals surface area contributed by atoms with Crippen LogP contribution in [0.4, 0.5) is 0 Å². The molecule has 0 bridgehead atoms. The SMILES string of the molecule is CC1(C)CC[C@@H]2CC(=O)CCN21. The second kappa shape index (κ2) is 2.56. The number of fused-ring (bicyclic) bond motifs is 1. The fraction of sp³-hybridized carbons (Fsp3) is 0.900. The molecule has 0 aromatic rings. The first-order chi connectivity index (χ1) is 5.59. The Morgan fingerprint density at radius 1 is 1.50 bits per heavy atom. The summed E-state index contributed by atoms with van der Waals surface area (Å²) >= 11 is 0. The summed E-state index contributed by atoms with van der Waals surface area (Å²) in [4.78, 5) is 13.7. The van der Waals surface area contributed by atoms with E-state index in [0.717, 1.165) is 19.4 Å². The van der Waals surface area contributed by atoms with Gasteiger partial charge in [-0.1, -0.05) is 0 Å². The molecule has 0 aromatic heterocycles. The normalized spacial score (nSPS) is 35.2. The number of ketones is 1. The van der Waals surface area contributed by atoms with E-state index in [-0.39, 0.29) is 0 Å². The summed E-state index contributed by atoms with van der Waals surface area (Å²) in [6.07, 6.45) is 4.06. The van der Waals surface area contributed by atoms with Gasteiger partial charge in [-0.05, 0) is 26.7 Å². The molecule has 0 radical (unpaired) electrons. The molecule has 0 amide bonds. The van der Waals surface area contributed by atoms with Crippen LogP contribution in [0, 0.1) is 0 Å². The monoisotopic (exact) mass is 167 g/mol. The van der Waals surface area contributed by atoms with Crippen molar-refractivity contribution < 1.29 is 4.79 Å². The van der Waals surface area contributed by atoms with Gasteiger partial charge < -0.3 is 0 Å². The Balaban J connectivity index is 2.13. The summed E-state index contributed by atoms with van der Waals surface area (Å²) < 4.78 is 0. The molecule has 2 nitrogen and oxygen atoms in total. The molecule has 2 saturated heterocycles. The van der Waals surface area contributed by atoms with Gasteiger partial charge in [0.25, 0.3) is 0 Å². The van der Waals surface area contributed by atoms with Crippen molar-refractivity contribution in [2.24, 2.45) is 0 Å². The Labute approximate surface area is 73.9 Å². The smallest absolute Gasteiger partial charge is 0.135 e. The van der Waals surface area contributed by atoms with Crippen LogP contribution in [0.25, 0.3) is 0 Å². The predicted molar refractivity (Wildman–Crippen MR) is 48.0 cm³/mol. The third kappa shape index (κ3) is 1.18. The highest BCUT2D eigenvalue weighted by Gasteiger charge is 2.41. The maximum Gasteiger partial charge on any atom is 0.135 e. The number of hydrogen-bond donors (Lipinski definition) is 0. The van der Waals surface area contributed by atoms with Gasteiger partial charge in [0.1, 0.15) is 5.78 Å². The molecule has 0 N–H and O–H groups in total. The Kier molecular flexibility index (Phi) is 1.76. The molecule has 0 spiro atoms. The molecule has 1 atom stereocenters. The van der Waals surface area contributed by atoms with Gasteiger partial charge >= 0.3 is 0 Å². The van der Waals surface area contributed by atoms with Crippen LogP contribution in [-0.2, 0) is 4.79 Å². The van der Waals surface area contributed by atoms with E-state index in [0.29, 0.717) is 17.4 Å². The second-order valence-corrected chi connectivity index (χ2v) is 4.69. The van der Waals surface area contributed by atoms with Crippen LogP contribution in [-0.4, -0.2) is 28.8 Å². The first kappa shape index (κ1) is 8.24. The lowest BCUT2D eigenvalue weighted by Crippen LogP contribution is -2.47. The molecule has 2 heteroatoms. The lowest BCUT2D eigenvalue weighted by atomic mass is 10.0. The topological polar surface area (TPSA) is 20.3 Å². The number of nitrogens with zero attached hydrogens (tertiary/aromatic N) is 1. The molecule has 2 heterocycles. The molecule has 0 unspecified atom stereocenters. The van der Waals surface area contributed by atoms with Gasteiger partial charge in [-0.2, -0.15) is 0 Å². The number of piperidine rings is 1. The zero-order valence-corrected chi connectivity index (χ0v) is 7.97. The lowest BCUT2D eigenvalue weighted by molar-refractivity contribution is -0.123. The summed E-state index contributed by atoms with van der Waals surface area (Å²) in [5.41, 5.74) is 0.353. The van der Waals surface area contributed by atoms with Gasteiger partial charge in [0, 0.05) is 31.0 Å². The highest BCUT2D eigenvalue weighted by molar-refractivity contribution is 5.80. The van der Waals surface area contributed by atoms with Gasteiger partial charge in [-0.3, -0.25) is 9.69 Å². The van der Waals surface area contributed by atoms with E-state index in [9.17, 15) is 4.79 Å². The van der Waals surface area contributed by atoms with Crippen molar-refractivity contribution in [1.29, 1.82) is 0 Å². The number of carbonyl (C=O) groups excluding carboxylic acids is 1. The van der Waals surface area contributed by atoms with Crippen LogP contribution in [0.15, 0.2) is 0 Å². The van der Waals surface area contributed by atoms with Crippen LogP contribution >= 0.6 is 0 Å². The quantitative estimate of drug-likeness (QED) is 0.546. The maximum atomic E-state index is 11.2. The predicted octanol–water partition coefficient (Wildman–Crippen LogP) is 1.59. The minimum atomic E-state index is 0.353. The number of Topliss-reactive ketones (excluding diaryl/α,β-unsaturated/α-hetero) is 1. The Morgan fingerprint density at radius 2 is 2.25 bits per heavy atom. The van der Waals surface area contributed by atoms with Crippen LogP contribution in [0.3, 0.4) is 0 Å². The van der Waals surface area contributed by atoms with Crippen LogP contribution in [0.2, 0.25) is 0 Å². The summed E-state index contributed by atoms with van der Waals surface area (Å²) in [7, 11) is 0. The van der Waals surface area contributed by atoms with Crippen molar-refractivity contribution >= 4 is 5.78 Å². The zero-order valence-electron chi connectivity index (χ0n) is 7.97. The Hall–Kier alpha value is -0.370. The third-order valence-electron chi connectivity index (χ3n) is 3.40. The van der Waals surface area contributed by atoms with E-state index in [1.165, 1.54) is 12.8 Å². The van der Waals surface area contributed by atoms with E-state index >= 15 is 0 Å². The van der Waals surface area contributed by atoms with E-state index in [1.807, 2.05) is 0 Å². The Morgan fingerprint density at radius 3 is 3.00 bits per heavy atom. The van der Waals surface area contributed by atoms with Gasteiger partial charge in [-0.15, -0.1) is 0 Å². The number of hydrogen-bond acceptors (Lipinski definition) is 2. The molecular weight excluding hydrogens is 150 g/mol. The van der Waals surface area contributed by atoms with Crippen molar-refractivity contribution in [1.82, 2.24) is 4.90 Å².